The molecule has 0 radical (unpaired) electrons. The van der Waals surface area contributed by atoms with Crippen LogP contribution in [0.4, 0.5) is 11.4 Å². The molecule has 1 spiro atoms. The van der Waals surface area contributed by atoms with E-state index in [4.69, 9.17) is 4.74 Å². The van der Waals surface area contributed by atoms with Gasteiger partial charge in [0.2, 0.25) is 11.8 Å². The normalized spacial score (nSPS) is 17.9. The number of anilines is 2. The highest BCUT2D eigenvalue weighted by molar-refractivity contribution is 5.99. The summed E-state index contributed by atoms with van der Waals surface area (Å²) in [5, 5.41) is 2.88. The molecule has 8 nitrogen and oxygen atoms in total. The maximum Gasteiger partial charge on any atom is 0.250 e. The first kappa shape index (κ1) is 28.5. The number of ether oxygens (including phenoxy) is 1. The fourth-order valence-corrected chi connectivity index (χ4v) is 6.04. The minimum atomic E-state index is -0.768. The third-order valence-electron chi connectivity index (χ3n) is 7.72. The highest BCUT2D eigenvalue weighted by Crippen LogP contribution is 2.40. The molecule has 39 heavy (non-hydrogen) atoms. The number of para-hydroxylation sites is 1. The zero-order valence-electron chi connectivity index (χ0n) is 23.9. The average molecular weight is 535 g/mol. The standard InChI is InChI=1S/C31H42N4O4/c1-23(20-30(2,3)4)19-28(37)33-17-15-31(16-18-33)29(38)34(22-35(31)25-9-7-6-8-10-25)21-27(36)32-24-11-13-26(39-5)14-12-24/h6-14,23H,15-22H2,1-5H3,(H,32,36). The van der Waals surface area contributed by atoms with Gasteiger partial charge in [0.05, 0.1) is 13.8 Å². The second-order valence-electron chi connectivity index (χ2n) is 12.2. The van der Waals surface area contributed by atoms with Gasteiger partial charge in [-0.05, 0) is 67.0 Å². The first-order valence-corrected chi connectivity index (χ1v) is 13.8. The first-order valence-electron chi connectivity index (χ1n) is 13.8. The van der Waals surface area contributed by atoms with Crippen LogP contribution in [0.2, 0.25) is 0 Å². The van der Waals surface area contributed by atoms with Gasteiger partial charge in [-0.15, -0.1) is 0 Å². The summed E-state index contributed by atoms with van der Waals surface area (Å²) in [5.74, 6) is 0.871. The molecule has 2 saturated heterocycles. The number of nitrogens with one attached hydrogen (secondary N) is 1. The van der Waals surface area contributed by atoms with E-state index < -0.39 is 5.54 Å². The van der Waals surface area contributed by atoms with Crippen LogP contribution in [-0.4, -0.2) is 66.5 Å². The number of carbonyl (C=O) groups excluding carboxylic acids is 3. The Morgan fingerprint density at radius 2 is 1.67 bits per heavy atom. The third kappa shape index (κ3) is 6.72. The maximum atomic E-state index is 13.9. The van der Waals surface area contributed by atoms with Gasteiger partial charge in [0.1, 0.15) is 17.8 Å². The fourth-order valence-electron chi connectivity index (χ4n) is 6.04. The number of amides is 3. The summed E-state index contributed by atoms with van der Waals surface area (Å²) >= 11 is 0. The van der Waals surface area contributed by atoms with E-state index in [-0.39, 0.29) is 29.7 Å². The molecule has 210 valence electrons. The molecule has 0 bridgehead atoms. The molecule has 0 aromatic heterocycles. The Morgan fingerprint density at radius 3 is 2.26 bits per heavy atom. The van der Waals surface area contributed by atoms with Crippen molar-refractivity contribution in [3.05, 3.63) is 54.6 Å². The predicted molar refractivity (Wildman–Crippen MR) is 154 cm³/mol. The van der Waals surface area contributed by atoms with Crippen LogP contribution >= 0.6 is 0 Å². The first-order chi connectivity index (χ1) is 18.5. The number of rotatable bonds is 8. The number of piperidine rings is 1. The van der Waals surface area contributed by atoms with Crippen molar-refractivity contribution in [2.45, 2.75) is 58.9 Å². The summed E-state index contributed by atoms with van der Waals surface area (Å²) in [5.41, 5.74) is 1.01. The van der Waals surface area contributed by atoms with Crippen molar-refractivity contribution < 1.29 is 19.1 Å². The van der Waals surface area contributed by atoms with Crippen molar-refractivity contribution in [1.29, 1.82) is 0 Å². The Balaban J connectivity index is 1.45. The predicted octanol–water partition coefficient (Wildman–Crippen LogP) is 4.76. The molecule has 2 heterocycles. The van der Waals surface area contributed by atoms with Crippen molar-refractivity contribution in [3.8, 4) is 5.75 Å². The maximum absolute atomic E-state index is 13.9. The van der Waals surface area contributed by atoms with Crippen LogP contribution in [0.3, 0.4) is 0 Å². The molecule has 2 fully saturated rings. The smallest absolute Gasteiger partial charge is 0.250 e. The molecule has 0 saturated carbocycles. The van der Waals surface area contributed by atoms with Gasteiger partial charge in [0, 0.05) is 30.9 Å². The zero-order chi connectivity index (χ0) is 28.2. The summed E-state index contributed by atoms with van der Waals surface area (Å²) in [6, 6.07) is 17.0. The van der Waals surface area contributed by atoms with Crippen LogP contribution < -0.4 is 15.0 Å². The highest BCUT2D eigenvalue weighted by atomic mass is 16.5. The van der Waals surface area contributed by atoms with E-state index in [9.17, 15) is 14.4 Å². The summed E-state index contributed by atoms with van der Waals surface area (Å²) in [6.07, 6.45) is 2.59. The van der Waals surface area contributed by atoms with E-state index in [0.29, 0.717) is 56.4 Å². The molecule has 2 aromatic carbocycles. The third-order valence-corrected chi connectivity index (χ3v) is 7.72. The zero-order valence-corrected chi connectivity index (χ0v) is 23.9. The van der Waals surface area contributed by atoms with Crippen LogP contribution in [0, 0.1) is 11.3 Å². The second-order valence-corrected chi connectivity index (χ2v) is 12.2. The SMILES string of the molecule is COc1ccc(NC(=O)CN2CN(c3ccccc3)C3(CCN(C(=O)CC(C)CC(C)(C)C)CC3)C2=O)cc1. The Kier molecular flexibility index (Phi) is 8.52. The molecule has 2 aliphatic heterocycles. The highest BCUT2D eigenvalue weighted by Gasteiger charge is 2.54. The van der Waals surface area contributed by atoms with Gasteiger partial charge in [0.15, 0.2) is 0 Å². The van der Waals surface area contributed by atoms with Gasteiger partial charge in [-0.1, -0.05) is 45.9 Å². The van der Waals surface area contributed by atoms with Gasteiger partial charge in [-0.3, -0.25) is 14.4 Å². The summed E-state index contributed by atoms with van der Waals surface area (Å²) in [7, 11) is 1.59. The van der Waals surface area contributed by atoms with Crippen LogP contribution in [0.5, 0.6) is 5.75 Å². The van der Waals surface area contributed by atoms with Gasteiger partial charge >= 0.3 is 0 Å². The molecular formula is C31H42N4O4. The molecular weight excluding hydrogens is 492 g/mol. The monoisotopic (exact) mass is 534 g/mol. The van der Waals surface area contributed by atoms with Crippen LogP contribution in [-0.2, 0) is 14.4 Å². The van der Waals surface area contributed by atoms with Crippen molar-refractivity contribution in [3.63, 3.8) is 0 Å². The van der Waals surface area contributed by atoms with E-state index in [0.717, 1.165) is 12.1 Å². The lowest BCUT2D eigenvalue weighted by Gasteiger charge is -2.43. The number of hydrogen-bond donors (Lipinski definition) is 1. The molecule has 1 N–H and O–H groups in total. The molecule has 0 aliphatic carbocycles. The molecule has 4 rings (SSSR count). The van der Waals surface area contributed by atoms with Crippen LogP contribution in [0.15, 0.2) is 54.6 Å². The van der Waals surface area contributed by atoms with Crippen LogP contribution in [0.1, 0.15) is 53.4 Å². The Hall–Kier alpha value is -3.55. The Bertz CT molecular complexity index is 1150. The number of hydrogen-bond acceptors (Lipinski definition) is 5. The summed E-state index contributed by atoms with van der Waals surface area (Å²) < 4.78 is 5.18. The lowest BCUT2D eigenvalue weighted by atomic mass is 9.83. The molecule has 8 heteroatoms. The Labute approximate surface area is 232 Å². The molecule has 1 unspecified atom stereocenters. The largest absolute Gasteiger partial charge is 0.497 e. The molecule has 3 amide bonds. The van der Waals surface area contributed by atoms with Crippen molar-refractivity contribution in [2.24, 2.45) is 11.3 Å². The summed E-state index contributed by atoms with van der Waals surface area (Å²) in [6.45, 7) is 10.1. The van der Waals surface area contributed by atoms with Gasteiger partial charge in [-0.2, -0.15) is 0 Å². The number of benzene rings is 2. The molecule has 2 aliphatic rings. The van der Waals surface area contributed by atoms with Crippen LogP contribution in [0.25, 0.3) is 0 Å². The minimum Gasteiger partial charge on any atom is -0.497 e. The van der Waals surface area contributed by atoms with Gasteiger partial charge in [0.25, 0.3) is 5.91 Å². The lowest BCUT2D eigenvalue weighted by Crippen LogP contribution is -2.57. The topological polar surface area (TPSA) is 82.2 Å². The van der Waals surface area contributed by atoms with Crippen molar-refractivity contribution >= 4 is 29.1 Å². The number of carbonyl (C=O) groups is 3. The van der Waals surface area contributed by atoms with Crippen molar-refractivity contribution in [2.75, 3.05) is 43.6 Å². The van der Waals surface area contributed by atoms with Gasteiger partial charge in [-0.25, -0.2) is 0 Å². The molecule has 2 aromatic rings. The number of nitrogens with zero attached hydrogens (tertiary/aromatic N) is 3. The van der Waals surface area contributed by atoms with E-state index in [1.54, 1.807) is 36.3 Å². The fraction of sp³-hybridized carbons (Fsp3) is 0.516. The van der Waals surface area contributed by atoms with E-state index >= 15 is 0 Å². The van der Waals surface area contributed by atoms with Crippen molar-refractivity contribution in [1.82, 2.24) is 9.80 Å². The minimum absolute atomic E-state index is 0.0388. The van der Waals surface area contributed by atoms with E-state index in [1.807, 2.05) is 35.2 Å². The Morgan fingerprint density at radius 1 is 1.03 bits per heavy atom. The average Bonchev–Trinajstić information content (AvgIpc) is 3.15. The number of likely N-dealkylation sites (tertiary alicyclic amines) is 1. The van der Waals surface area contributed by atoms with Gasteiger partial charge < -0.3 is 24.8 Å². The quantitative estimate of drug-likeness (QED) is 0.528. The summed E-state index contributed by atoms with van der Waals surface area (Å²) in [4.78, 5) is 45.6. The second kappa shape index (κ2) is 11.7. The lowest BCUT2D eigenvalue weighted by molar-refractivity contribution is -0.139. The molecule has 1 atom stereocenters. The number of methoxy groups -OCH3 is 1. The van der Waals surface area contributed by atoms with E-state index in [2.05, 4.69) is 37.9 Å². The van der Waals surface area contributed by atoms with E-state index in [1.165, 1.54) is 0 Å².